The van der Waals surface area contributed by atoms with Crippen molar-refractivity contribution in [2.24, 2.45) is 11.8 Å². The van der Waals surface area contributed by atoms with Crippen molar-refractivity contribution >= 4 is 33.3 Å². The van der Waals surface area contributed by atoms with E-state index >= 15 is 0 Å². The first-order valence-corrected chi connectivity index (χ1v) is 7.96. The first-order chi connectivity index (χ1) is 10.1. The number of carbonyl (C=O) groups is 3. The predicted molar refractivity (Wildman–Crippen MR) is 85.5 cm³/mol. The molecule has 0 aromatic heterocycles. The zero-order valence-electron chi connectivity index (χ0n) is 12.8. The zero-order valence-corrected chi connectivity index (χ0v) is 14.4. The largest absolute Gasteiger partial charge is 0.389 e. The molecule has 0 bridgehead atoms. The van der Waals surface area contributed by atoms with Crippen LogP contribution in [0.5, 0.6) is 0 Å². The Bertz CT molecular complexity index is 618. The van der Waals surface area contributed by atoms with Crippen molar-refractivity contribution in [1.82, 2.24) is 0 Å². The van der Waals surface area contributed by atoms with Gasteiger partial charge in [-0.2, -0.15) is 0 Å². The van der Waals surface area contributed by atoms with Gasteiger partial charge >= 0.3 is 0 Å². The van der Waals surface area contributed by atoms with Crippen LogP contribution in [0.4, 0.5) is 0 Å². The summed E-state index contributed by atoms with van der Waals surface area (Å²) in [6.45, 7) is 4.27. The van der Waals surface area contributed by atoms with E-state index in [1.54, 1.807) is 24.3 Å². The summed E-state index contributed by atoms with van der Waals surface area (Å²) < 4.78 is 0.865. The smallest absolute Gasteiger partial charge is 0.146 e. The highest BCUT2D eigenvalue weighted by atomic mass is 79.9. The van der Waals surface area contributed by atoms with Crippen molar-refractivity contribution in [3.8, 4) is 0 Å². The second-order valence-electron chi connectivity index (χ2n) is 6.25. The van der Waals surface area contributed by atoms with Gasteiger partial charge in [-0.05, 0) is 38.5 Å². The SMILES string of the molecule is CC(=O)C1C(=O)CC(C)(O)C(C(C)=O)C1c1ccc(Br)cc1. The van der Waals surface area contributed by atoms with E-state index in [2.05, 4.69) is 15.9 Å². The number of benzene rings is 1. The molecule has 0 heterocycles. The molecule has 22 heavy (non-hydrogen) atoms. The molecule has 0 saturated heterocycles. The molecule has 0 aliphatic heterocycles. The Balaban J connectivity index is 2.61. The van der Waals surface area contributed by atoms with Crippen LogP contribution in [0.15, 0.2) is 28.7 Å². The van der Waals surface area contributed by atoms with Crippen LogP contribution in [0.1, 0.15) is 38.7 Å². The minimum atomic E-state index is -1.44. The molecule has 1 aliphatic carbocycles. The molecule has 5 heteroatoms. The highest BCUT2D eigenvalue weighted by molar-refractivity contribution is 9.10. The van der Waals surface area contributed by atoms with E-state index in [4.69, 9.17) is 0 Å². The Hall–Kier alpha value is -1.33. The number of Topliss-reactive ketones (excluding diaryl/α,β-unsaturated/α-hetero) is 3. The van der Waals surface area contributed by atoms with Gasteiger partial charge in [0.1, 0.15) is 17.3 Å². The molecular weight excluding hydrogens is 348 g/mol. The van der Waals surface area contributed by atoms with E-state index in [1.165, 1.54) is 20.8 Å². The lowest BCUT2D eigenvalue weighted by molar-refractivity contribution is -0.151. The maximum absolute atomic E-state index is 12.4. The van der Waals surface area contributed by atoms with Crippen molar-refractivity contribution < 1.29 is 19.5 Å². The average Bonchev–Trinajstić information content (AvgIpc) is 2.36. The highest BCUT2D eigenvalue weighted by Crippen LogP contribution is 2.46. The third kappa shape index (κ3) is 3.06. The molecule has 4 atom stereocenters. The van der Waals surface area contributed by atoms with Crippen LogP contribution in [0.2, 0.25) is 0 Å². The minimum absolute atomic E-state index is 0.172. The molecule has 1 fully saturated rings. The van der Waals surface area contributed by atoms with Crippen LogP contribution >= 0.6 is 15.9 Å². The number of hydrogen-bond acceptors (Lipinski definition) is 4. The summed E-state index contributed by atoms with van der Waals surface area (Å²) in [5.74, 6) is -3.06. The Labute approximate surface area is 138 Å². The number of ketones is 3. The summed E-state index contributed by atoms with van der Waals surface area (Å²) in [5, 5.41) is 10.6. The lowest BCUT2D eigenvalue weighted by atomic mass is 9.60. The molecule has 4 nitrogen and oxygen atoms in total. The van der Waals surface area contributed by atoms with Gasteiger partial charge in [-0.1, -0.05) is 28.1 Å². The van der Waals surface area contributed by atoms with E-state index in [-0.39, 0.29) is 23.8 Å². The third-order valence-electron chi connectivity index (χ3n) is 4.40. The Morgan fingerprint density at radius 3 is 2.18 bits per heavy atom. The number of hydrogen-bond donors (Lipinski definition) is 1. The first-order valence-electron chi connectivity index (χ1n) is 7.16. The minimum Gasteiger partial charge on any atom is -0.389 e. The quantitative estimate of drug-likeness (QED) is 0.834. The molecule has 1 N–H and O–H groups in total. The fraction of sp³-hybridized carbons (Fsp3) is 0.471. The highest BCUT2D eigenvalue weighted by Gasteiger charge is 2.53. The predicted octanol–water partition coefficient (Wildman–Crippen LogP) is 2.67. The van der Waals surface area contributed by atoms with E-state index < -0.39 is 23.4 Å². The topological polar surface area (TPSA) is 71.4 Å². The second kappa shape index (κ2) is 6.05. The summed E-state index contributed by atoms with van der Waals surface area (Å²) >= 11 is 3.34. The average molecular weight is 367 g/mol. The maximum Gasteiger partial charge on any atom is 0.146 e. The molecule has 1 aromatic carbocycles. The number of rotatable bonds is 3. The molecular formula is C17H19BrO4. The number of carbonyl (C=O) groups excluding carboxylic acids is 3. The van der Waals surface area contributed by atoms with Crippen molar-refractivity contribution in [1.29, 1.82) is 0 Å². The molecule has 118 valence electrons. The summed E-state index contributed by atoms with van der Waals surface area (Å²) in [6, 6.07) is 7.18. The van der Waals surface area contributed by atoms with Crippen molar-refractivity contribution in [3.63, 3.8) is 0 Å². The van der Waals surface area contributed by atoms with Crippen molar-refractivity contribution in [3.05, 3.63) is 34.3 Å². The summed E-state index contributed by atoms with van der Waals surface area (Å²) in [7, 11) is 0. The van der Waals surface area contributed by atoms with Crippen LogP contribution < -0.4 is 0 Å². The normalized spacial score (nSPS) is 31.9. The summed E-state index contributed by atoms with van der Waals surface area (Å²) in [4.78, 5) is 36.5. The van der Waals surface area contributed by atoms with E-state index in [9.17, 15) is 19.5 Å². The van der Waals surface area contributed by atoms with Gasteiger partial charge in [0.25, 0.3) is 0 Å². The van der Waals surface area contributed by atoms with Gasteiger partial charge in [0.05, 0.1) is 17.4 Å². The van der Waals surface area contributed by atoms with Crippen molar-refractivity contribution in [2.75, 3.05) is 0 Å². The molecule has 1 aliphatic rings. The van der Waals surface area contributed by atoms with Crippen LogP contribution in [0.3, 0.4) is 0 Å². The van der Waals surface area contributed by atoms with Gasteiger partial charge in [0, 0.05) is 16.8 Å². The monoisotopic (exact) mass is 366 g/mol. The van der Waals surface area contributed by atoms with Gasteiger partial charge in [-0.15, -0.1) is 0 Å². The molecule has 0 amide bonds. The molecule has 1 aromatic rings. The van der Waals surface area contributed by atoms with Gasteiger partial charge in [-0.3, -0.25) is 14.4 Å². The fourth-order valence-corrected chi connectivity index (χ4v) is 3.86. The van der Waals surface area contributed by atoms with E-state index in [1.807, 2.05) is 0 Å². The van der Waals surface area contributed by atoms with Crippen LogP contribution in [-0.4, -0.2) is 28.1 Å². The third-order valence-corrected chi connectivity index (χ3v) is 4.93. The molecule has 2 rings (SSSR count). The lowest BCUT2D eigenvalue weighted by Crippen LogP contribution is -2.53. The van der Waals surface area contributed by atoms with Crippen molar-refractivity contribution in [2.45, 2.75) is 38.7 Å². The number of aliphatic hydroxyl groups is 1. The Morgan fingerprint density at radius 1 is 1.18 bits per heavy atom. The van der Waals surface area contributed by atoms with E-state index in [0.29, 0.717) is 0 Å². The van der Waals surface area contributed by atoms with Gasteiger partial charge in [0.2, 0.25) is 0 Å². The fourth-order valence-electron chi connectivity index (χ4n) is 3.59. The standard InChI is InChI=1S/C17H19BrO4/c1-9(19)14-13(21)8-17(3,22)16(10(2)20)15(14)11-4-6-12(18)7-5-11/h4-7,14-16,22H,8H2,1-3H3. The van der Waals surface area contributed by atoms with Gasteiger partial charge in [0.15, 0.2) is 0 Å². The van der Waals surface area contributed by atoms with Gasteiger partial charge in [-0.25, -0.2) is 0 Å². The maximum atomic E-state index is 12.4. The van der Waals surface area contributed by atoms with Crippen LogP contribution in [-0.2, 0) is 14.4 Å². The summed E-state index contributed by atoms with van der Waals surface area (Å²) in [6.07, 6.45) is -0.172. The molecule has 4 unspecified atom stereocenters. The second-order valence-corrected chi connectivity index (χ2v) is 7.17. The first kappa shape index (κ1) is 17.0. The van der Waals surface area contributed by atoms with Crippen LogP contribution in [0, 0.1) is 11.8 Å². The molecule has 0 spiro atoms. The number of halogens is 1. The zero-order chi connectivity index (χ0) is 16.7. The van der Waals surface area contributed by atoms with Crippen LogP contribution in [0.25, 0.3) is 0 Å². The molecule has 0 radical (unpaired) electrons. The molecule has 1 saturated carbocycles. The lowest BCUT2D eigenvalue weighted by Gasteiger charge is -2.44. The van der Waals surface area contributed by atoms with Gasteiger partial charge < -0.3 is 5.11 Å². The summed E-state index contributed by atoms with van der Waals surface area (Å²) in [5.41, 5.74) is -0.719. The Morgan fingerprint density at radius 2 is 1.73 bits per heavy atom. The van der Waals surface area contributed by atoms with E-state index in [0.717, 1.165) is 10.0 Å². The Kier molecular flexibility index (Phi) is 4.68.